The summed E-state index contributed by atoms with van der Waals surface area (Å²) in [5.74, 6) is 1.54. The summed E-state index contributed by atoms with van der Waals surface area (Å²) in [6, 6.07) is 23.7. The van der Waals surface area contributed by atoms with Crippen LogP contribution in [0.5, 0.6) is 11.5 Å². The monoisotopic (exact) mass is 371 g/mol. The summed E-state index contributed by atoms with van der Waals surface area (Å²) in [6.45, 7) is 1.11. The molecule has 0 aliphatic heterocycles. The first-order valence-electron chi connectivity index (χ1n) is 9.10. The van der Waals surface area contributed by atoms with E-state index in [9.17, 15) is 0 Å². The summed E-state index contributed by atoms with van der Waals surface area (Å²) in [5.41, 5.74) is 3.81. The molecule has 2 aromatic heterocycles. The maximum Gasteiger partial charge on any atom is 0.129 e. The number of nitrogens with zero attached hydrogens (tertiary/aromatic N) is 3. The van der Waals surface area contributed by atoms with E-state index in [1.807, 2.05) is 83.7 Å². The van der Waals surface area contributed by atoms with Gasteiger partial charge in [-0.15, -0.1) is 0 Å². The standard InChI is InChI=1S/C23H21N3O2/c1-27-20-10-11-23(28-17-18-7-3-2-4-8-18)21(15-20)22-12-14-26(25-22)16-19-9-5-6-13-24-19/h2-15H,16-17H2,1H3. The van der Waals surface area contributed by atoms with Crippen molar-refractivity contribution in [2.45, 2.75) is 13.2 Å². The molecule has 140 valence electrons. The molecule has 0 saturated carbocycles. The summed E-state index contributed by atoms with van der Waals surface area (Å²) < 4.78 is 13.4. The average molecular weight is 371 g/mol. The SMILES string of the molecule is COc1ccc(OCc2ccccc2)c(-c2ccn(Cc3ccccn3)n2)c1. The lowest BCUT2D eigenvalue weighted by molar-refractivity contribution is 0.306. The van der Waals surface area contributed by atoms with Crippen LogP contribution in [0.3, 0.4) is 0 Å². The van der Waals surface area contributed by atoms with Gasteiger partial charge in [-0.1, -0.05) is 36.4 Å². The van der Waals surface area contributed by atoms with Crippen molar-refractivity contribution in [3.8, 4) is 22.8 Å². The summed E-state index contributed by atoms with van der Waals surface area (Å²) in [5, 5.41) is 4.71. The Labute approximate surface area is 164 Å². The maximum absolute atomic E-state index is 6.09. The zero-order valence-electron chi connectivity index (χ0n) is 15.7. The van der Waals surface area contributed by atoms with E-state index in [2.05, 4.69) is 4.98 Å². The van der Waals surface area contributed by atoms with Crippen LogP contribution in [-0.2, 0) is 13.2 Å². The van der Waals surface area contributed by atoms with Crippen LogP contribution in [0.4, 0.5) is 0 Å². The zero-order valence-corrected chi connectivity index (χ0v) is 15.7. The number of benzene rings is 2. The predicted octanol–water partition coefficient (Wildman–Crippen LogP) is 4.58. The van der Waals surface area contributed by atoms with Crippen molar-refractivity contribution in [1.29, 1.82) is 0 Å². The maximum atomic E-state index is 6.09. The van der Waals surface area contributed by atoms with E-state index in [0.29, 0.717) is 13.2 Å². The van der Waals surface area contributed by atoms with Crippen LogP contribution in [0.25, 0.3) is 11.3 Å². The number of aromatic nitrogens is 3. The molecule has 0 aliphatic rings. The summed E-state index contributed by atoms with van der Waals surface area (Å²) in [7, 11) is 1.66. The van der Waals surface area contributed by atoms with E-state index in [1.54, 1.807) is 13.3 Å². The fourth-order valence-corrected chi connectivity index (χ4v) is 2.95. The van der Waals surface area contributed by atoms with E-state index >= 15 is 0 Å². The van der Waals surface area contributed by atoms with Crippen LogP contribution in [-0.4, -0.2) is 21.9 Å². The second-order valence-electron chi connectivity index (χ2n) is 6.36. The van der Waals surface area contributed by atoms with Crippen LogP contribution in [0.2, 0.25) is 0 Å². The molecule has 0 amide bonds. The molecule has 0 saturated heterocycles. The van der Waals surface area contributed by atoms with E-state index in [0.717, 1.165) is 34.0 Å². The van der Waals surface area contributed by atoms with Gasteiger partial charge in [-0.2, -0.15) is 5.10 Å². The Bertz CT molecular complexity index is 1030. The quantitative estimate of drug-likeness (QED) is 0.477. The fraction of sp³-hybridized carbons (Fsp3) is 0.130. The molecule has 0 fully saturated rings. The Morgan fingerprint density at radius 3 is 2.57 bits per heavy atom. The number of hydrogen-bond acceptors (Lipinski definition) is 4. The molecule has 2 heterocycles. The minimum Gasteiger partial charge on any atom is -0.497 e. The van der Waals surface area contributed by atoms with E-state index in [1.165, 1.54) is 0 Å². The van der Waals surface area contributed by atoms with Crippen molar-refractivity contribution in [3.05, 3.63) is 96.4 Å². The van der Waals surface area contributed by atoms with Gasteiger partial charge < -0.3 is 9.47 Å². The lowest BCUT2D eigenvalue weighted by Gasteiger charge is -2.12. The highest BCUT2D eigenvalue weighted by atomic mass is 16.5. The normalized spacial score (nSPS) is 10.6. The molecular formula is C23H21N3O2. The number of methoxy groups -OCH3 is 1. The first-order valence-corrected chi connectivity index (χ1v) is 9.10. The molecule has 0 unspecified atom stereocenters. The van der Waals surface area contributed by atoms with Crippen molar-refractivity contribution in [2.75, 3.05) is 7.11 Å². The number of hydrogen-bond donors (Lipinski definition) is 0. The molecule has 0 bridgehead atoms. The summed E-state index contributed by atoms with van der Waals surface area (Å²) in [4.78, 5) is 4.36. The van der Waals surface area contributed by atoms with Gasteiger partial charge in [0.2, 0.25) is 0 Å². The van der Waals surface area contributed by atoms with Gasteiger partial charge in [0.25, 0.3) is 0 Å². The third-order valence-corrected chi connectivity index (χ3v) is 4.39. The second kappa shape index (κ2) is 8.39. The van der Waals surface area contributed by atoms with Gasteiger partial charge in [-0.3, -0.25) is 9.67 Å². The van der Waals surface area contributed by atoms with Gasteiger partial charge in [0.05, 0.1) is 25.0 Å². The molecule has 0 spiro atoms. The molecule has 5 nitrogen and oxygen atoms in total. The Morgan fingerprint density at radius 2 is 1.79 bits per heavy atom. The smallest absolute Gasteiger partial charge is 0.129 e. The van der Waals surface area contributed by atoms with Gasteiger partial charge in [0, 0.05) is 18.0 Å². The van der Waals surface area contributed by atoms with E-state index < -0.39 is 0 Å². The summed E-state index contributed by atoms with van der Waals surface area (Å²) >= 11 is 0. The first kappa shape index (κ1) is 17.8. The van der Waals surface area contributed by atoms with E-state index in [4.69, 9.17) is 14.6 Å². The Balaban J connectivity index is 1.59. The van der Waals surface area contributed by atoms with Gasteiger partial charge in [0.1, 0.15) is 18.1 Å². The van der Waals surface area contributed by atoms with E-state index in [-0.39, 0.29) is 0 Å². The van der Waals surface area contributed by atoms with Gasteiger partial charge >= 0.3 is 0 Å². The third kappa shape index (κ3) is 4.20. The molecule has 4 rings (SSSR count). The Hall–Kier alpha value is -3.60. The van der Waals surface area contributed by atoms with Crippen molar-refractivity contribution in [3.63, 3.8) is 0 Å². The molecule has 0 radical (unpaired) electrons. The number of ether oxygens (including phenoxy) is 2. The minimum absolute atomic E-state index is 0.495. The lowest BCUT2D eigenvalue weighted by atomic mass is 10.1. The topological polar surface area (TPSA) is 49.2 Å². The molecule has 2 aromatic carbocycles. The number of pyridine rings is 1. The van der Waals surface area contributed by atoms with Crippen LogP contribution in [0.15, 0.2) is 85.2 Å². The van der Waals surface area contributed by atoms with Crippen LogP contribution < -0.4 is 9.47 Å². The van der Waals surface area contributed by atoms with Crippen molar-refractivity contribution in [1.82, 2.24) is 14.8 Å². The van der Waals surface area contributed by atoms with Crippen LogP contribution in [0, 0.1) is 0 Å². The van der Waals surface area contributed by atoms with Crippen LogP contribution in [0.1, 0.15) is 11.3 Å². The molecule has 4 aromatic rings. The average Bonchev–Trinajstić information content (AvgIpc) is 3.22. The largest absolute Gasteiger partial charge is 0.497 e. The highest BCUT2D eigenvalue weighted by molar-refractivity contribution is 5.68. The predicted molar refractivity (Wildman–Crippen MR) is 108 cm³/mol. The molecule has 28 heavy (non-hydrogen) atoms. The molecular weight excluding hydrogens is 350 g/mol. The van der Waals surface area contributed by atoms with Gasteiger partial charge in [-0.05, 0) is 42.0 Å². The first-order chi connectivity index (χ1) is 13.8. The van der Waals surface area contributed by atoms with Gasteiger partial charge in [0.15, 0.2) is 0 Å². The fourth-order valence-electron chi connectivity index (χ4n) is 2.95. The van der Waals surface area contributed by atoms with Crippen LogP contribution >= 0.6 is 0 Å². The lowest BCUT2D eigenvalue weighted by Crippen LogP contribution is -2.02. The molecule has 0 atom stereocenters. The van der Waals surface area contributed by atoms with Gasteiger partial charge in [-0.25, -0.2) is 0 Å². The minimum atomic E-state index is 0.495. The molecule has 0 N–H and O–H groups in total. The molecule has 5 heteroatoms. The Kier molecular flexibility index (Phi) is 5.33. The highest BCUT2D eigenvalue weighted by Crippen LogP contribution is 2.33. The summed E-state index contributed by atoms with van der Waals surface area (Å²) in [6.07, 6.45) is 3.74. The van der Waals surface area contributed by atoms with Crippen molar-refractivity contribution < 1.29 is 9.47 Å². The van der Waals surface area contributed by atoms with Crippen molar-refractivity contribution >= 4 is 0 Å². The number of rotatable bonds is 7. The van der Waals surface area contributed by atoms with Crippen molar-refractivity contribution in [2.24, 2.45) is 0 Å². The highest BCUT2D eigenvalue weighted by Gasteiger charge is 2.12. The molecule has 0 aliphatic carbocycles. The zero-order chi connectivity index (χ0) is 19.2. The Morgan fingerprint density at radius 1 is 0.929 bits per heavy atom. The third-order valence-electron chi connectivity index (χ3n) is 4.39. The second-order valence-corrected chi connectivity index (χ2v) is 6.36.